The van der Waals surface area contributed by atoms with Crippen LogP contribution in [0.2, 0.25) is 5.02 Å². The molecule has 6 nitrogen and oxygen atoms in total. The molecule has 0 saturated heterocycles. The summed E-state index contributed by atoms with van der Waals surface area (Å²) in [4.78, 5) is 12.1. The maximum Gasteiger partial charge on any atom is 0.234 e. The van der Waals surface area contributed by atoms with Crippen LogP contribution in [0, 0.1) is 5.82 Å². The van der Waals surface area contributed by atoms with Crippen LogP contribution in [0.15, 0.2) is 52.1 Å². The quantitative estimate of drug-likeness (QED) is 0.492. The number of amides is 1. The topological polar surface area (TPSA) is 69.0 Å². The monoisotopic (exact) mass is 484 g/mol. The van der Waals surface area contributed by atoms with Crippen LogP contribution in [0.1, 0.15) is 5.82 Å². The van der Waals surface area contributed by atoms with Gasteiger partial charge in [-0.15, -0.1) is 10.2 Å². The van der Waals surface area contributed by atoms with E-state index in [0.717, 1.165) is 0 Å². The molecule has 0 radical (unpaired) electrons. The predicted octanol–water partition coefficient (Wildman–Crippen LogP) is 4.68. The molecule has 1 amide bonds. The molecule has 1 aromatic heterocycles. The van der Waals surface area contributed by atoms with E-state index in [1.54, 1.807) is 29.8 Å². The first-order chi connectivity index (χ1) is 13.4. The summed E-state index contributed by atoms with van der Waals surface area (Å²) < 4.78 is 21.8. The number of para-hydroxylation sites is 1. The number of carbonyl (C=O) groups excluding carboxylic acids is 1. The second-order valence-corrected chi connectivity index (χ2v) is 7.90. The third-order valence-electron chi connectivity index (χ3n) is 3.66. The first-order valence-corrected chi connectivity index (χ1v) is 10.2. The van der Waals surface area contributed by atoms with Crippen molar-refractivity contribution in [1.82, 2.24) is 14.8 Å². The number of nitrogens with one attached hydrogen (secondary N) is 1. The molecular formula is C18H15BrClFN4O2S. The maximum absolute atomic E-state index is 13.8. The smallest absolute Gasteiger partial charge is 0.234 e. The van der Waals surface area contributed by atoms with Gasteiger partial charge >= 0.3 is 0 Å². The van der Waals surface area contributed by atoms with Crippen molar-refractivity contribution >= 4 is 50.9 Å². The lowest BCUT2D eigenvalue weighted by Crippen LogP contribution is -2.15. The molecule has 10 heteroatoms. The van der Waals surface area contributed by atoms with Crippen molar-refractivity contribution in [1.29, 1.82) is 0 Å². The van der Waals surface area contributed by atoms with Crippen LogP contribution in [0.25, 0.3) is 0 Å². The Bertz CT molecular complexity index is 1000. The summed E-state index contributed by atoms with van der Waals surface area (Å²) in [6, 6.07) is 11.6. The number of rotatable bonds is 7. The van der Waals surface area contributed by atoms with Gasteiger partial charge in [-0.05, 0) is 30.3 Å². The summed E-state index contributed by atoms with van der Waals surface area (Å²) in [7, 11) is 1.78. The maximum atomic E-state index is 13.8. The SMILES string of the molecule is Cn1c(COc2ccccc2Cl)nnc1SCC(=O)Nc1ccc(Br)cc1F. The fourth-order valence-corrected chi connectivity index (χ4v) is 3.46. The summed E-state index contributed by atoms with van der Waals surface area (Å²) in [5.41, 5.74) is 0.126. The normalized spacial score (nSPS) is 10.7. The Morgan fingerprint density at radius 1 is 1.32 bits per heavy atom. The van der Waals surface area contributed by atoms with Gasteiger partial charge in [0, 0.05) is 11.5 Å². The van der Waals surface area contributed by atoms with E-state index in [-0.39, 0.29) is 24.0 Å². The Hall–Kier alpha value is -2.10. The number of ether oxygens (including phenoxy) is 1. The van der Waals surface area contributed by atoms with E-state index in [1.165, 1.54) is 23.9 Å². The van der Waals surface area contributed by atoms with Crippen molar-refractivity contribution in [2.45, 2.75) is 11.8 Å². The van der Waals surface area contributed by atoms with Crippen molar-refractivity contribution < 1.29 is 13.9 Å². The van der Waals surface area contributed by atoms with E-state index in [0.29, 0.717) is 26.2 Å². The van der Waals surface area contributed by atoms with Crippen molar-refractivity contribution in [3.05, 3.63) is 63.6 Å². The van der Waals surface area contributed by atoms with Crippen LogP contribution in [0.5, 0.6) is 5.75 Å². The van der Waals surface area contributed by atoms with Gasteiger partial charge in [0.1, 0.15) is 18.2 Å². The number of hydrogen-bond acceptors (Lipinski definition) is 5. The molecule has 28 heavy (non-hydrogen) atoms. The number of benzene rings is 2. The lowest BCUT2D eigenvalue weighted by Gasteiger charge is -2.08. The van der Waals surface area contributed by atoms with Gasteiger partial charge in [-0.1, -0.05) is 51.4 Å². The Morgan fingerprint density at radius 3 is 2.86 bits per heavy atom. The average Bonchev–Trinajstić information content (AvgIpc) is 3.01. The zero-order chi connectivity index (χ0) is 20.1. The molecule has 0 fully saturated rings. The van der Waals surface area contributed by atoms with Crippen molar-refractivity contribution in [2.75, 3.05) is 11.1 Å². The van der Waals surface area contributed by atoms with Crippen LogP contribution < -0.4 is 10.1 Å². The molecule has 0 spiro atoms. The number of halogens is 3. The molecule has 3 rings (SSSR count). The predicted molar refractivity (Wildman–Crippen MR) is 110 cm³/mol. The number of aromatic nitrogens is 3. The van der Waals surface area contributed by atoms with Crippen LogP contribution >= 0.6 is 39.3 Å². The van der Waals surface area contributed by atoms with Crippen molar-refractivity contribution in [2.24, 2.45) is 7.05 Å². The second-order valence-electron chi connectivity index (χ2n) is 5.64. The van der Waals surface area contributed by atoms with E-state index in [4.69, 9.17) is 16.3 Å². The van der Waals surface area contributed by atoms with Gasteiger partial charge in [-0.2, -0.15) is 0 Å². The zero-order valence-electron chi connectivity index (χ0n) is 14.7. The molecule has 1 heterocycles. The van der Waals surface area contributed by atoms with Gasteiger partial charge < -0.3 is 14.6 Å². The van der Waals surface area contributed by atoms with Crippen LogP contribution in [-0.2, 0) is 18.4 Å². The number of carbonyl (C=O) groups is 1. The molecule has 0 aliphatic rings. The summed E-state index contributed by atoms with van der Waals surface area (Å²) in [5, 5.41) is 11.7. The molecule has 0 bridgehead atoms. The lowest BCUT2D eigenvalue weighted by atomic mass is 10.3. The summed E-state index contributed by atoms with van der Waals surface area (Å²) >= 11 is 10.4. The third-order valence-corrected chi connectivity index (χ3v) is 5.48. The zero-order valence-corrected chi connectivity index (χ0v) is 17.8. The molecule has 0 unspecified atom stereocenters. The van der Waals surface area contributed by atoms with Crippen LogP contribution in [0.3, 0.4) is 0 Å². The number of thioether (sulfide) groups is 1. The first kappa shape index (κ1) is 20.6. The Labute approximate surface area is 178 Å². The molecule has 0 aliphatic heterocycles. The van der Waals surface area contributed by atoms with Crippen LogP contribution in [-0.4, -0.2) is 26.4 Å². The van der Waals surface area contributed by atoms with Crippen LogP contribution in [0.4, 0.5) is 10.1 Å². The van der Waals surface area contributed by atoms with Gasteiger partial charge in [0.25, 0.3) is 0 Å². The van der Waals surface area contributed by atoms with E-state index >= 15 is 0 Å². The molecule has 2 aromatic carbocycles. The third kappa shape index (κ3) is 5.24. The lowest BCUT2D eigenvalue weighted by molar-refractivity contribution is -0.113. The highest BCUT2D eigenvalue weighted by atomic mass is 79.9. The highest BCUT2D eigenvalue weighted by Gasteiger charge is 2.14. The summed E-state index contributed by atoms with van der Waals surface area (Å²) in [6.45, 7) is 0.185. The fourth-order valence-electron chi connectivity index (χ4n) is 2.21. The number of hydrogen-bond donors (Lipinski definition) is 1. The molecule has 3 aromatic rings. The van der Waals surface area contributed by atoms with E-state index < -0.39 is 5.82 Å². The largest absolute Gasteiger partial charge is 0.484 e. The van der Waals surface area contributed by atoms with E-state index in [2.05, 4.69) is 31.4 Å². The van der Waals surface area contributed by atoms with E-state index in [1.807, 2.05) is 12.1 Å². The Morgan fingerprint density at radius 2 is 2.11 bits per heavy atom. The fraction of sp³-hybridized carbons (Fsp3) is 0.167. The molecule has 0 atom stereocenters. The highest BCUT2D eigenvalue weighted by molar-refractivity contribution is 9.10. The minimum absolute atomic E-state index is 0.0623. The summed E-state index contributed by atoms with van der Waals surface area (Å²) in [5.74, 6) is 0.347. The van der Waals surface area contributed by atoms with E-state index in [9.17, 15) is 9.18 Å². The number of anilines is 1. The number of nitrogens with zero attached hydrogens (tertiary/aromatic N) is 3. The minimum Gasteiger partial charge on any atom is -0.484 e. The summed E-state index contributed by atoms with van der Waals surface area (Å²) in [6.07, 6.45) is 0. The Kier molecular flexibility index (Phi) is 6.93. The van der Waals surface area contributed by atoms with Gasteiger partial charge in [0.15, 0.2) is 11.0 Å². The molecule has 1 N–H and O–H groups in total. The first-order valence-electron chi connectivity index (χ1n) is 8.07. The van der Waals surface area contributed by atoms with Gasteiger partial charge in [-0.25, -0.2) is 4.39 Å². The Balaban J connectivity index is 1.55. The van der Waals surface area contributed by atoms with Gasteiger partial charge in [-0.3, -0.25) is 4.79 Å². The molecule has 146 valence electrons. The molecule has 0 saturated carbocycles. The standard InChI is InChI=1S/C18H15BrClFN4O2S/c1-25-16(9-27-15-5-3-2-4-12(15)20)23-24-18(25)28-10-17(26)22-14-7-6-11(19)8-13(14)21/h2-8H,9-10H2,1H3,(H,22,26). The molecule has 0 aliphatic carbocycles. The molecular weight excluding hydrogens is 471 g/mol. The highest BCUT2D eigenvalue weighted by Crippen LogP contribution is 2.25. The minimum atomic E-state index is -0.509. The second kappa shape index (κ2) is 9.40. The average molecular weight is 486 g/mol. The van der Waals surface area contributed by atoms with Gasteiger partial charge in [0.05, 0.1) is 16.5 Å². The van der Waals surface area contributed by atoms with Crippen molar-refractivity contribution in [3.63, 3.8) is 0 Å². The van der Waals surface area contributed by atoms with Gasteiger partial charge in [0.2, 0.25) is 5.91 Å². The van der Waals surface area contributed by atoms with Crippen molar-refractivity contribution in [3.8, 4) is 5.75 Å².